The second kappa shape index (κ2) is 11.7. The highest BCUT2D eigenvalue weighted by atomic mass is 16.6. The van der Waals surface area contributed by atoms with Crippen molar-refractivity contribution in [3.63, 3.8) is 0 Å². The number of carbonyl (C=O) groups excluding carboxylic acids is 3. The molecule has 0 atom stereocenters. The molecule has 0 saturated heterocycles. The highest BCUT2D eigenvalue weighted by Crippen LogP contribution is 2.15. The van der Waals surface area contributed by atoms with Gasteiger partial charge in [-0.05, 0) is 69.7 Å². The molecule has 0 aliphatic heterocycles. The zero-order valence-electron chi connectivity index (χ0n) is 19.0. The van der Waals surface area contributed by atoms with Crippen molar-refractivity contribution >= 4 is 23.6 Å². The fraction of sp³-hybridized carbons (Fsp3) is 0.375. The van der Waals surface area contributed by atoms with Crippen LogP contribution in [-0.4, -0.2) is 36.7 Å². The molecule has 8 nitrogen and oxygen atoms in total. The second-order valence-electron chi connectivity index (χ2n) is 8.06. The van der Waals surface area contributed by atoms with Crippen molar-refractivity contribution in [1.82, 2.24) is 10.6 Å². The Morgan fingerprint density at radius 1 is 0.906 bits per heavy atom. The zero-order valence-corrected chi connectivity index (χ0v) is 19.0. The molecule has 0 aliphatic carbocycles. The van der Waals surface area contributed by atoms with Crippen LogP contribution in [-0.2, 0) is 16.1 Å². The van der Waals surface area contributed by atoms with Crippen molar-refractivity contribution in [3.8, 4) is 5.75 Å². The molecule has 32 heavy (non-hydrogen) atoms. The smallest absolute Gasteiger partial charge is 0.407 e. The summed E-state index contributed by atoms with van der Waals surface area (Å²) in [5, 5.41) is 8.18. The molecule has 0 heterocycles. The molecule has 0 aliphatic rings. The Morgan fingerprint density at radius 2 is 1.56 bits per heavy atom. The molecule has 0 radical (unpaired) electrons. The van der Waals surface area contributed by atoms with Crippen molar-refractivity contribution in [2.24, 2.45) is 0 Å². The number of amides is 3. The summed E-state index contributed by atoms with van der Waals surface area (Å²) < 4.78 is 10.5. The van der Waals surface area contributed by atoms with Crippen LogP contribution < -0.4 is 20.7 Å². The Morgan fingerprint density at radius 3 is 2.16 bits per heavy atom. The van der Waals surface area contributed by atoms with Crippen molar-refractivity contribution in [2.45, 2.75) is 46.3 Å². The van der Waals surface area contributed by atoms with Crippen molar-refractivity contribution in [1.29, 1.82) is 0 Å². The molecule has 0 unspecified atom stereocenters. The van der Waals surface area contributed by atoms with E-state index in [9.17, 15) is 14.4 Å². The monoisotopic (exact) mass is 441 g/mol. The first kappa shape index (κ1) is 24.7. The zero-order chi connectivity index (χ0) is 23.6. The lowest BCUT2D eigenvalue weighted by Gasteiger charge is -2.19. The lowest BCUT2D eigenvalue weighted by Crippen LogP contribution is -2.35. The van der Waals surface area contributed by atoms with Gasteiger partial charge in [-0.25, -0.2) is 4.79 Å². The summed E-state index contributed by atoms with van der Waals surface area (Å²) >= 11 is 0. The van der Waals surface area contributed by atoms with Crippen molar-refractivity contribution in [2.75, 3.05) is 18.5 Å². The lowest BCUT2D eigenvalue weighted by atomic mass is 10.1. The predicted octanol–water partition coefficient (Wildman–Crippen LogP) is 3.87. The number of alkyl carbamates (subject to hydrolysis) is 1. The van der Waals surface area contributed by atoms with Gasteiger partial charge < -0.3 is 25.4 Å². The fourth-order valence-corrected chi connectivity index (χ4v) is 2.66. The standard InChI is InChI=1S/C24H31N3O5/c1-5-31-20-12-8-18(9-13-20)22(29)27-19-10-6-17(7-11-19)16-26-21(28)14-15-25-23(30)32-24(2,3)4/h6-13H,5,14-16H2,1-4H3,(H,25,30)(H,26,28)(H,27,29). The number of hydrogen-bond acceptors (Lipinski definition) is 5. The van der Waals surface area contributed by atoms with Gasteiger partial charge in [-0.3, -0.25) is 9.59 Å². The van der Waals surface area contributed by atoms with Gasteiger partial charge in [0.15, 0.2) is 0 Å². The van der Waals surface area contributed by atoms with E-state index in [1.54, 1.807) is 57.2 Å². The molecular weight excluding hydrogens is 410 g/mol. The number of anilines is 1. The number of carbonyl (C=O) groups is 3. The maximum Gasteiger partial charge on any atom is 0.407 e. The molecule has 8 heteroatoms. The van der Waals surface area contributed by atoms with Crippen LogP contribution in [0.3, 0.4) is 0 Å². The molecule has 2 aromatic rings. The van der Waals surface area contributed by atoms with Crippen LogP contribution in [0.5, 0.6) is 5.75 Å². The van der Waals surface area contributed by atoms with Crippen LogP contribution in [0.1, 0.15) is 50.0 Å². The highest BCUT2D eigenvalue weighted by molar-refractivity contribution is 6.04. The van der Waals surface area contributed by atoms with Crippen LogP contribution >= 0.6 is 0 Å². The number of ether oxygens (including phenoxy) is 2. The minimum Gasteiger partial charge on any atom is -0.494 e. The normalized spacial score (nSPS) is 10.8. The van der Waals surface area contributed by atoms with Gasteiger partial charge in [0.2, 0.25) is 5.91 Å². The highest BCUT2D eigenvalue weighted by Gasteiger charge is 2.15. The van der Waals surface area contributed by atoms with E-state index >= 15 is 0 Å². The molecule has 0 fully saturated rings. The SMILES string of the molecule is CCOc1ccc(C(=O)Nc2ccc(CNC(=O)CCNC(=O)OC(C)(C)C)cc2)cc1. The third-order valence-corrected chi connectivity index (χ3v) is 4.15. The average molecular weight is 442 g/mol. The summed E-state index contributed by atoms with van der Waals surface area (Å²) in [4.78, 5) is 35.9. The maximum atomic E-state index is 12.4. The summed E-state index contributed by atoms with van der Waals surface area (Å²) in [5.74, 6) is 0.316. The van der Waals surface area contributed by atoms with E-state index in [1.165, 1.54) is 0 Å². The summed E-state index contributed by atoms with van der Waals surface area (Å²) in [6, 6.07) is 14.1. The number of rotatable bonds is 9. The van der Waals surface area contributed by atoms with E-state index in [4.69, 9.17) is 9.47 Å². The molecule has 2 rings (SSSR count). The Hall–Kier alpha value is -3.55. The summed E-state index contributed by atoms with van der Waals surface area (Å²) in [6.07, 6.45) is -0.400. The van der Waals surface area contributed by atoms with Crippen molar-refractivity contribution < 1.29 is 23.9 Å². The largest absolute Gasteiger partial charge is 0.494 e. The van der Waals surface area contributed by atoms with Gasteiger partial charge in [0.1, 0.15) is 11.4 Å². The Labute approximate surface area is 188 Å². The molecule has 3 amide bonds. The van der Waals surface area contributed by atoms with Gasteiger partial charge in [0.05, 0.1) is 6.61 Å². The van der Waals surface area contributed by atoms with Crippen molar-refractivity contribution in [3.05, 3.63) is 59.7 Å². The molecule has 2 aromatic carbocycles. The quantitative estimate of drug-likeness (QED) is 0.548. The van der Waals surface area contributed by atoms with Gasteiger partial charge in [0.25, 0.3) is 5.91 Å². The fourth-order valence-electron chi connectivity index (χ4n) is 2.66. The van der Waals surface area contributed by atoms with Crippen LogP contribution in [0, 0.1) is 0 Å². The Bertz CT molecular complexity index is 903. The number of hydrogen-bond donors (Lipinski definition) is 3. The van der Waals surface area contributed by atoms with Gasteiger partial charge in [-0.2, -0.15) is 0 Å². The van der Waals surface area contributed by atoms with E-state index in [0.29, 0.717) is 24.4 Å². The molecule has 172 valence electrons. The van der Waals surface area contributed by atoms with E-state index in [0.717, 1.165) is 11.3 Å². The van der Waals surface area contributed by atoms with Gasteiger partial charge in [-0.15, -0.1) is 0 Å². The van der Waals surface area contributed by atoms with Crippen LogP contribution in [0.2, 0.25) is 0 Å². The maximum absolute atomic E-state index is 12.4. The first-order chi connectivity index (χ1) is 15.2. The summed E-state index contributed by atoms with van der Waals surface area (Å²) in [5.41, 5.74) is 1.49. The van der Waals surface area contributed by atoms with E-state index in [2.05, 4.69) is 16.0 Å². The minimum atomic E-state index is -0.577. The minimum absolute atomic E-state index is 0.148. The molecular formula is C24H31N3O5. The molecule has 0 bridgehead atoms. The first-order valence-corrected chi connectivity index (χ1v) is 10.5. The molecule has 3 N–H and O–H groups in total. The number of benzene rings is 2. The first-order valence-electron chi connectivity index (χ1n) is 10.5. The predicted molar refractivity (Wildman–Crippen MR) is 123 cm³/mol. The van der Waals surface area contributed by atoms with Crippen LogP contribution in [0.25, 0.3) is 0 Å². The van der Waals surface area contributed by atoms with Gasteiger partial charge >= 0.3 is 6.09 Å². The van der Waals surface area contributed by atoms with E-state index < -0.39 is 11.7 Å². The number of nitrogens with one attached hydrogen (secondary N) is 3. The third kappa shape index (κ3) is 9.07. The van der Waals surface area contributed by atoms with E-state index in [1.807, 2.05) is 19.1 Å². The topological polar surface area (TPSA) is 106 Å². The molecule has 0 saturated carbocycles. The van der Waals surface area contributed by atoms with Crippen LogP contribution in [0.4, 0.5) is 10.5 Å². The van der Waals surface area contributed by atoms with Crippen LogP contribution in [0.15, 0.2) is 48.5 Å². The second-order valence-corrected chi connectivity index (χ2v) is 8.06. The third-order valence-electron chi connectivity index (χ3n) is 4.15. The average Bonchev–Trinajstić information content (AvgIpc) is 2.72. The summed E-state index contributed by atoms with van der Waals surface area (Å²) in [7, 11) is 0. The molecule has 0 spiro atoms. The Balaban J connectivity index is 1.73. The lowest BCUT2D eigenvalue weighted by molar-refractivity contribution is -0.121. The molecule has 0 aromatic heterocycles. The van der Waals surface area contributed by atoms with E-state index in [-0.39, 0.29) is 24.8 Å². The summed E-state index contributed by atoms with van der Waals surface area (Å²) in [6.45, 7) is 8.33. The van der Waals surface area contributed by atoms with Gasteiger partial charge in [0, 0.05) is 30.8 Å². The van der Waals surface area contributed by atoms with Gasteiger partial charge in [-0.1, -0.05) is 12.1 Å². The Kier molecular flexibility index (Phi) is 9.07.